The number of carbonyl (C=O) groups is 2. The van der Waals surface area contributed by atoms with Crippen LogP contribution in [-0.2, 0) is 4.79 Å². The van der Waals surface area contributed by atoms with E-state index in [2.05, 4.69) is 10.2 Å². The van der Waals surface area contributed by atoms with E-state index in [4.69, 9.17) is 11.6 Å². The van der Waals surface area contributed by atoms with Crippen LogP contribution in [0, 0.1) is 0 Å². The maximum Gasteiger partial charge on any atom is 0.255 e. The summed E-state index contributed by atoms with van der Waals surface area (Å²) in [7, 11) is 0. The lowest BCUT2D eigenvalue weighted by Crippen LogP contribution is -2.40. The summed E-state index contributed by atoms with van der Waals surface area (Å²) in [6.45, 7) is 2.47. The number of benzene rings is 3. The second kappa shape index (κ2) is 10.4. The highest BCUT2D eigenvalue weighted by molar-refractivity contribution is 6.33. The molecular formula is C26H26ClN3O2. The van der Waals surface area contributed by atoms with E-state index in [1.807, 2.05) is 77.7 Å². The molecule has 1 aliphatic rings. The van der Waals surface area contributed by atoms with E-state index >= 15 is 0 Å². The maximum atomic E-state index is 13.4. The van der Waals surface area contributed by atoms with E-state index < -0.39 is 6.04 Å². The molecule has 3 aromatic carbocycles. The topological polar surface area (TPSA) is 52.7 Å². The number of nitrogens with one attached hydrogen (secondary N) is 1. The molecule has 3 aromatic rings. The molecule has 2 amide bonds. The van der Waals surface area contributed by atoms with E-state index in [1.165, 1.54) is 0 Å². The summed E-state index contributed by atoms with van der Waals surface area (Å²) in [6, 6.07) is 26.0. The monoisotopic (exact) mass is 447 g/mol. The van der Waals surface area contributed by atoms with Gasteiger partial charge in [0.1, 0.15) is 6.04 Å². The number of rotatable bonds is 5. The highest BCUT2D eigenvalue weighted by atomic mass is 35.5. The molecule has 1 unspecified atom stereocenters. The average molecular weight is 448 g/mol. The summed E-state index contributed by atoms with van der Waals surface area (Å²) >= 11 is 6.25. The van der Waals surface area contributed by atoms with E-state index in [-0.39, 0.29) is 11.8 Å². The molecule has 1 heterocycles. The van der Waals surface area contributed by atoms with Crippen LogP contribution in [0.3, 0.4) is 0 Å². The van der Waals surface area contributed by atoms with Gasteiger partial charge in [-0.1, -0.05) is 72.3 Å². The lowest BCUT2D eigenvalue weighted by atomic mass is 10.0. The summed E-state index contributed by atoms with van der Waals surface area (Å²) in [5.41, 5.74) is 2.22. The summed E-state index contributed by atoms with van der Waals surface area (Å²) < 4.78 is 0. The molecule has 0 spiro atoms. The average Bonchev–Trinajstić information content (AvgIpc) is 3.07. The van der Waals surface area contributed by atoms with Gasteiger partial charge in [0.05, 0.1) is 10.6 Å². The van der Waals surface area contributed by atoms with Gasteiger partial charge in [-0.15, -0.1) is 0 Å². The number of para-hydroxylation sites is 1. The first-order chi connectivity index (χ1) is 15.6. The number of amides is 2. The first kappa shape index (κ1) is 22.1. The fourth-order valence-electron chi connectivity index (χ4n) is 4.10. The zero-order chi connectivity index (χ0) is 22.3. The van der Waals surface area contributed by atoms with Gasteiger partial charge in [0.2, 0.25) is 5.91 Å². The Balaban J connectivity index is 1.52. The van der Waals surface area contributed by atoms with Crippen molar-refractivity contribution in [2.75, 3.05) is 31.5 Å². The van der Waals surface area contributed by atoms with Crippen molar-refractivity contribution in [2.24, 2.45) is 0 Å². The van der Waals surface area contributed by atoms with Crippen molar-refractivity contribution < 1.29 is 9.59 Å². The number of hydrogen-bond acceptors (Lipinski definition) is 3. The molecule has 0 saturated carbocycles. The zero-order valence-electron chi connectivity index (χ0n) is 17.8. The summed E-state index contributed by atoms with van der Waals surface area (Å²) in [6.07, 6.45) is 0.776. The summed E-state index contributed by atoms with van der Waals surface area (Å²) in [4.78, 5) is 30.4. The van der Waals surface area contributed by atoms with Gasteiger partial charge in [-0.3, -0.25) is 14.5 Å². The Bertz CT molecular complexity index is 1060. The predicted molar refractivity (Wildman–Crippen MR) is 128 cm³/mol. The third-order valence-corrected chi connectivity index (χ3v) is 6.02. The SMILES string of the molecule is O=C(Nc1ccccc1)C(c1ccccc1)N1CCCN(C(=O)c2ccccc2Cl)CC1. The van der Waals surface area contributed by atoms with E-state index in [0.717, 1.165) is 17.7 Å². The normalized spacial score (nSPS) is 15.6. The molecule has 0 aliphatic carbocycles. The van der Waals surface area contributed by atoms with Crippen molar-refractivity contribution >= 4 is 29.1 Å². The van der Waals surface area contributed by atoms with Gasteiger partial charge in [-0.2, -0.15) is 0 Å². The van der Waals surface area contributed by atoms with Crippen molar-refractivity contribution in [1.82, 2.24) is 9.80 Å². The van der Waals surface area contributed by atoms with Crippen LogP contribution < -0.4 is 5.32 Å². The van der Waals surface area contributed by atoms with Crippen LogP contribution in [-0.4, -0.2) is 47.8 Å². The first-order valence-corrected chi connectivity index (χ1v) is 11.2. The number of hydrogen-bond donors (Lipinski definition) is 1. The predicted octanol–water partition coefficient (Wildman–Crippen LogP) is 4.87. The molecule has 1 fully saturated rings. The van der Waals surface area contributed by atoms with Crippen LogP contribution in [0.25, 0.3) is 0 Å². The second-order valence-corrected chi connectivity index (χ2v) is 8.24. The Kier molecular flexibility index (Phi) is 7.20. The lowest BCUT2D eigenvalue weighted by Gasteiger charge is -2.30. The minimum atomic E-state index is -0.438. The highest BCUT2D eigenvalue weighted by Crippen LogP contribution is 2.25. The molecule has 1 N–H and O–H groups in total. The Labute approximate surface area is 193 Å². The number of nitrogens with zero attached hydrogens (tertiary/aromatic N) is 2. The molecule has 0 bridgehead atoms. The van der Waals surface area contributed by atoms with Gasteiger partial charge < -0.3 is 10.2 Å². The van der Waals surface area contributed by atoms with Crippen molar-refractivity contribution in [3.8, 4) is 0 Å². The largest absolute Gasteiger partial charge is 0.337 e. The van der Waals surface area contributed by atoms with Crippen LogP contribution in [0.2, 0.25) is 5.02 Å². The van der Waals surface area contributed by atoms with Gasteiger partial charge in [0, 0.05) is 31.9 Å². The van der Waals surface area contributed by atoms with Crippen molar-refractivity contribution in [3.05, 3.63) is 101 Å². The van der Waals surface area contributed by atoms with Crippen molar-refractivity contribution in [3.63, 3.8) is 0 Å². The molecule has 0 aromatic heterocycles. The van der Waals surface area contributed by atoms with E-state index in [1.54, 1.807) is 12.1 Å². The summed E-state index contributed by atoms with van der Waals surface area (Å²) in [5.74, 6) is -0.143. The Hall–Kier alpha value is -3.15. The molecule has 1 saturated heterocycles. The molecule has 5 nitrogen and oxygen atoms in total. The third kappa shape index (κ3) is 5.18. The molecule has 1 aliphatic heterocycles. The fourth-order valence-corrected chi connectivity index (χ4v) is 4.32. The smallest absolute Gasteiger partial charge is 0.255 e. The Morgan fingerprint density at radius 2 is 1.44 bits per heavy atom. The van der Waals surface area contributed by atoms with Gasteiger partial charge >= 0.3 is 0 Å². The van der Waals surface area contributed by atoms with Crippen LogP contribution >= 0.6 is 11.6 Å². The van der Waals surface area contributed by atoms with Crippen LogP contribution in [0.1, 0.15) is 28.4 Å². The van der Waals surface area contributed by atoms with Crippen LogP contribution in [0.4, 0.5) is 5.69 Å². The van der Waals surface area contributed by atoms with Crippen LogP contribution in [0.5, 0.6) is 0 Å². The molecule has 4 rings (SSSR count). The van der Waals surface area contributed by atoms with Gasteiger partial charge in [-0.25, -0.2) is 0 Å². The molecular weight excluding hydrogens is 422 g/mol. The zero-order valence-corrected chi connectivity index (χ0v) is 18.5. The molecule has 164 valence electrons. The number of anilines is 1. The van der Waals surface area contributed by atoms with Crippen molar-refractivity contribution in [1.29, 1.82) is 0 Å². The fraction of sp³-hybridized carbons (Fsp3) is 0.231. The molecule has 32 heavy (non-hydrogen) atoms. The van der Waals surface area contributed by atoms with Gasteiger partial charge in [0.25, 0.3) is 5.91 Å². The molecule has 0 radical (unpaired) electrons. The maximum absolute atomic E-state index is 13.4. The highest BCUT2D eigenvalue weighted by Gasteiger charge is 2.30. The summed E-state index contributed by atoms with van der Waals surface area (Å²) in [5, 5.41) is 3.51. The third-order valence-electron chi connectivity index (χ3n) is 5.69. The minimum Gasteiger partial charge on any atom is -0.337 e. The van der Waals surface area contributed by atoms with Gasteiger partial charge in [0.15, 0.2) is 0 Å². The van der Waals surface area contributed by atoms with E-state index in [9.17, 15) is 9.59 Å². The Morgan fingerprint density at radius 3 is 2.16 bits per heavy atom. The van der Waals surface area contributed by atoms with E-state index in [0.29, 0.717) is 36.8 Å². The quantitative estimate of drug-likeness (QED) is 0.607. The second-order valence-electron chi connectivity index (χ2n) is 7.83. The van der Waals surface area contributed by atoms with Gasteiger partial charge in [-0.05, 0) is 36.2 Å². The lowest BCUT2D eigenvalue weighted by molar-refractivity contribution is -0.121. The molecule has 6 heteroatoms. The molecule has 1 atom stereocenters. The first-order valence-electron chi connectivity index (χ1n) is 10.8. The standard InChI is InChI=1S/C26H26ClN3O2/c27-23-15-8-7-14-22(23)26(32)30-17-9-16-29(18-19-30)24(20-10-3-1-4-11-20)25(31)28-21-12-5-2-6-13-21/h1-8,10-15,24H,9,16-19H2,(H,28,31). The van der Waals surface area contributed by atoms with Crippen molar-refractivity contribution in [2.45, 2.75) is 12.5 Å². The number of carbonyl (C=O) groups excluding carboxylic acids is 2. The minimum absolute atomic E-state index is 0.0672. The van der Waals surface area contributed by atoms with Crippen LogP contribution in [0.15, 0.2) is 84.9 Å². The number of halogens is 1. The Morgan fingerprint density at radius 1 is 0.781 bits per heavy atom.